The minimum atomic E-state index is -0.0175. The Labute approximate surface area is 204 Å². The van der Waals surface area contributed by atoms with E-state index in [0.717, 1.165) is 51.0 Å². The second kappa shape index (κ2) is 10.9. The molecule has 184 valence electrons. The number of aryl methyl sites for hydroxylation is 1. The summed E-state index contributed by atoms with van der Waals surface area (Å²) in [5, 5.41) is 6.88. The Hall–Kier alpha value is -2.37. The third-order valence-corrected chi connectivity index (χ3v) is 7.32. The fraction of sp³-hybridized carbons (Fsp3) is 0.552. The molecule has 1 fully saturated rings. The van der Waals surface area contributed by atoms with Gasteiger partial charge in [-0.15, -0.1) is 0 Å². The molecule has 2 aromatic rings. The lowest BCUT2D eigenvalue weighted by Crippen LogP contribution is -2.39. The van der Waals surface area contributed by atoms with Crippen LogP contribution in [0.4, 0.5) is 0 Å². The molecule has 1 unspecified atom stereocenters. The highest BCUT2D eigenvalue weighted by atomic mass is 16.5. The molecule has 34 heavy (non-hydrogen) atoms. The summed E-state index contributed by atoms with van der Waals surface area (Å²) >= 11 is 0. The van der Waals surface area contributed by atoms with E-state index in [-0.39, 0.29) is 23.5 Å². The number of ether oxygens (including phenoxy) is 2. The van der Waals surface area contributed by atoms with E-state index in [1.54, 1.807) is 0 Å². The van der Waals surface area contributed by atoms with Gasteiger partial charge in [0, 0.05) is 30.8 Å². The van der Waals surface area contributed by atoms with Gasteiger partial charge in [-0.3, -0.25) is 4.79 Å². The molecule has 2 aliphatic rings. The van der Waals surface area contributed by atoms with Crippen molar-refractivity contribution in [2.45, 2.75) is 84.5 Å². The largest absolute Gasteiger partial charge is 0.491 e. The van der Waals surface area contributed by atoms with Gasteiger partial charge in [-0.2, -0.15) is 0 Å². The third-order valence-electron chi connectivity index (χ3n) is 7.32. The van der Waals surface area contributed by atoms with Crippen molar-refractivity contribution >= 4 is 5.91 Å². The van der Waals surface area contributed by atoms with Crippen LogP contribution in [-0.2, 0) is 24.1 Å². The van der Waals surface area contributed by atoms with Gasteiger partial charge in [0.25, 0.3) is 5.91 Å². The Morgan fingerprint density at radius 3 is 2.62 bits per heavy atom. The zero-order valence-corrected chi connectivity index (χ0v) is 21.2. The van der Waals surface area contributed by atoms with Gasteiger partial charge in [0.1, 0.15) is 12.4 Å². The molecule has 2 N–H and O–H groups in total. The minimum Gasteiger partial charge on any atom is -0.491 e. The molecule has 5 heteroatoms. The van der Waals surface area contributed by atoms with Gasteiger partial charge < -0.3 is 20.1 Å². The van der Waals surface area contributed by atoms with E-state index < -0.39 is 0 Å². The zero-order valence-electron chi connectivity index (χ0n) is 21.2. The summed E-state index contributed by atoms with van der Waals surface area (Å²) in [5.74, 6) is 0.761. The molecule has 4 rings (SSSR count). The van der Waals surface area contributed by atoms with Crippen LogP contribution in [0.5, 0.6) is 5.75 Å². The number of fused-ring (bicyclic) bond motifs is 1. The molecular weight excluding hydrogens is 424 g/mol. The molecule has 5 nitrogen and oxygen atoms in total. The van der Waals surface area contributed by atoms with E-state index >= 15 is 0 Å². The van der Waals surface area contributed by atoms with E-state index in [0.29, 0.717) is 18.2 Å². The second-order valence-electron chi connectivity index (χ2n) is 11.0. The highest BCUT2D eigenvalue weighted by Crippen LogP contribution is 2.24. The summed E-state index contributed by atoms with van der Waals surface area (Å²) in [6.07, 6.45) is 5.20. The Morgan fingerprint density at radius 2 is 1.91 bits per heavy atom. The second-order valence-corrected chi connectivity index (χ2v) is 11.0. The van der Waals surface area contributed by atoms with Crippen molar-refractivity contribution in [1.29, 1.82) is 0 Å². The normalized spacial score (nSPS) is 21.1. The number of carbonyl (C=O) groups is 1. The average Bonchev–Trinajstić information content (AvgIpc) is 3.34. The molecule has 1 heterocycles. The van der Waals surface area contributed by atoms with Crippen molar-refractivity contribution in [3.05, 3.63) is 64.7 Å². The van der Waals surface area contributed by atoms with Crippen molar-refractivity contribution in [3.63, 3.8) is 0 Å². The lowest BCUT2D eigenvalue weighted by atomic mass is 9.86. The fourth-order valence-electron chi connectivity index (χ4n) is 4.55. The molecule has 0 spiro atoms. The number of amides is 1. The molecule has 0 aromatic heterocycles. The third kappa shape index (κ3) is 6.61. The first kappa shape index (κ1) is 24.7. The summed E-state index contributed by atoms with van der Waals surface area (Å²) in [5.41, 5.74) is 5.02. The average molecular weight is 465 g/mol. The summed E-state index contributed by atoms with van der Waals surface area (Å²) in [6.45, 7) is 11.3. The maximum Gasteiger partial charge on any atom is 0.251 e. The molecule has 1 aliphatic heterocycles. The fourth-order valence-corrected chi connectivity index (χ4v) is 4.55. The van der Waals surface area contributed by atoms with Crippen molar-refractivity contribution in [1.82, 2.24) is 10.6 Å². The van der Waals surface area contributed by atoms with Crippen molar-refractivity contribution < 1.29 is 14.3 Å². The Morgan fingerprint density at radius 1 is 1.12 bits per heavy atom. The van der Waals surface area contributed by atoms with Crippen LogP contribution in [0.2, 0.25) is 0 Å². The molecule has 2 aromatic carbocycles. The van der Waals surface area contributed by atoms with E-state index in [2.05, 4.69) is 56.5 Å². The first-order chi connectivity index (χ1) is 16.3. The molecule has 1 amide bonds. The SMILES string of the molecule is CC(NCc1ccc2c(c1)CC[C@H](NC(=O)c1ccc(OC[C@@H]3CCCO3)cc1)C2)C(C)(C)C. The van der Waals surface area contributed by atoms with Gasteiger partial charge in [0.15, 0.2) is 0 Å². The number of hydrogen-bond donors (Lipinski definition) is 2. The molecule has 1 saturated heterocycles. The Bertz CT molecular complexity index is 958. The van der Waals surface area contributed by atoms with Crippen LogP contribution in [-0.4, -0.2) is 37.3 Å². The van der Waals surface area contributed by atoms with Crippen LogP contribution in [0.1, 0.15) is 74.0 Å². The minimum absolute atomic E-state index is 0.0175. The highest BCUT2D eigenvalue weighted by molar-refractivity contribution is 5.94. The Kier molecular flexibility index (Phi) is 7.95. The number of hydrogen-bond acceptors (Lipinski definition) is 4. The molecule has 0 bridgehead atoms. The molecule has 1 aliphatic carbocycles. The molecule has 0 radical (unpaired) electrons. The highest BCUT2D eigenvalue weighted by Gasteiger charge is 2.22. The Balaban J connectivity index is 1.26. The lowest BCUT2D eigenvalue weighted by molar-refractivity contribution is 0.0679. The van der Waals surface area contributed by atoms with E-state index in [9.17, 15) is 4.79 Å². The predicted molar refractivity (Wildman–Crippen MR) is 136 cm³/mol. The van der Waals surface area contributed by atoms with Gasteiger partial charge in [-0.25, -0.2) is 0 Å². The van der Waals surface area contributed by atoms with Gasteiger partial charge in [0.2, 0.25) is 0 Å². The van der Waals surface area contributed by atoms with Crippen LogP contribution in [0, 0.1) is 5.41 Å². The number of benzene rings is 2. The quantitative estimate of drug-likeness (QED) is 0.574. The molecule has 3 atom stereocenters. The zero-order chi connectivity index (χ0) is 24.1. The van der Waals surface area contributed by atoms with Crippen LogP contribution < -0.4 is 15.4 Å². The summed E-state index contributed by atoms with van der Waals surface area (Å²) in [6, 6.07) is 14.8. The van der Waals surface area contributed by atoms with Gasteiger partial charge in [0.05, 0.1) is 6.10 Å². The lowest BCUT2D eigenvalue weighted by Gasteiger charge is -2.29. The van der Waals surface area contributed by atoms with Crippen molar-refractivity contribution in [2.24, 2.45) is 5.41 Å². The monoisotopic (exact) mass is 464 g/mol. The van der Waals surface area contributed by atoms with Gasteiger partial charge >= 0.3 is 0 Å². The summed E-state index contributed by atoms with van der Waals surface area (Å²) in [7, 11) is 0. The van der Waals surface area contributed by atoms with Crippen LogP contribution in [0.25, 0.3) is 0 Å². The number of rotatable bonds is 8. The van der Waals surface area contributed by atoms with Gasteiger partial charge in [-0.05, 0) is 85.4 Å². The maximum absolute atomic E-state index is 12.8. The van der Waals surface area contributed by atoms with E-state index in [1.165, 1.54) is 16.7 Å². The number of carbonyl (C=O) groups excluding carboxylic acids is 1. The van der Waals surface area contributed by atoms with Crippen LogP contribution in [0.3, 0.4) is 0 Å². The van der Waals surface area contributed by atoms with Crippen LogP contribution >= 0.6 is 0 Å². The van der Waals surface area contributed by atoms with Gasteiger partial charge in [-0.1, -0.05) is 39.0 Å². The topological polar surface area (TPSA) is 59.6 Å². The first-order valence-electron chi connectivity index (χ1n) is 12.8. The molecule has 0 saturated carbocycles. The number of nitrogens with one attached hydrogen (secondary N) is 2. The smallest absolute Gasteiger partial charge is 0.251 e. The first-order valence-corrected chi connectivity index (χ1v) is 12.8. The van der Waals surface area contributed by atoms with Crippen molar-refractivity contribution in [2.75, 3.05) is 13.2 Å². The van der Waals surface area contributed by atoms with E-state index in [1.807, 2.05) is 24.3 Å². The predicted octanol–water partition coefficient (Wildman–Crippen LogP) is 5.06. The molecular formula is C29H40N2O3. The standard InChI is InChI=1S/C29H40N2O3/c1-20(29(2,3)4)30-18-21-7-8-24-17-25(12-9-23(24)16-21)31-28(32)22-10-13-26(14-11-22)34-19-27-6-5-15-33-27/h7-8,10-11,13-14,16,20,25,27,30H,5-6,9,12,15,17-19H2,1-4H3,(H,31,32)/t20?,25-,27-/m0/s1. The van der Waals surface area contributed by atoms with E-state index in [4.69, 9.17) is 9.47 Å². The van der Waals surface area contributed by atoms with Crippen molar-refractivity contribution in [3.8, 4) is 5.75 Å². The summed E-state index contributed by atoms with van der Waals surface area (Å²) in [4.78, 5) is 12.8. The summed E-state index contributed by atoms with van der Waals surface area (Å²) < 4.78 is 11.4. The van der Waals surface area contributed by atoms with Crippen LogP contribution in [0.15, 0.2) is 42.5 Å². The maximum atomic E-state index is 12.8.